The van der Waals surface area contributed by atoms with Crippen molar-refractivity contribution in [1.82, 2.24) is 19.5 Å². The van der Waals surface area contributed by atoms with E-state index in [1.807, 2.05) is 13.8 Å². The number of nitrogens with one attached hydrogen (secondary N) is 1. The Hall–Kier alpha value is -4.05. The number of aliphatic hydroxyl groups is 1. The zero-order chi connectivity index (χ0) is 33.8. The van der Waals surface area contributed by atoms with Crippen LogP contribution >= 0.6 is 0 Å². The van der Waals surface area contributed by atoms with E-state index in [9.17, 15) is 39.3 Å². The van der Waals surface area contributed by atoms with Gasteiger partial charge >= 0.3 is 23.9 Å². The molecule has 16 nitrogen and oxygen atoms in total. The molecular weight excluding hydrogens is 606 g/mol. The third kappa shape index (κ3) is 9.97. The number of carbonyl (C=O) groups is 4. The molecule has 2 aromatic heterocycles. The summed E-state index contributed by atoms with van der Waals surface area (Å²) >= 11 is 0. The van der Waals surface area contributed by atoms with Gasteiger partial charge in [-0.1, -0.05) is 39.5 Å². The number of nitrogens with zero attached hydrogens (tertiary/aromatic N) is 3. The van der Waals surface area contributed by atoms with Crippen molar-refractivity contribution in [1.29, 1.82) is 0 Å². The minimum Gasteiger partial charge on any atom is -0.481 e. The molecule has 1 aliphatic heterocycles. The summed E-state index contributed by atoms with van der Waals surface area (Å²) in [5, 5.41) is 30.1. The quantitative estimate of drug-likeness (QED) is 0.129. The van der Waals surface area contributed by atoms with Crippen LogP contribution in [0.3, 0.4) is 0 Å². The number of carboxylic acid groups (broad SMARTS) is 2. The predicted octanol–water partition coefficient (Wildman–Crippen LogP) is 2.54. The molecule has 0 amide bonds. The maximum atomic E-state index is 12.8. The van der Waals surface area contributed by atoms with E-state index in [0.717, 1.165) is 25.7 Å². The van der Waals surface area contributed by atoms with Crippen LogP contribution in [0.1, 0.15) is 97.1 Å². The number of aromatic amines is 1. The molecule has 2 aromatic rings. The lowest BCUT2D eigenvalue weighted by atomic mass is 9.96. The Morgan fingerprint density at radius 1 is 0.978 bits per heavy atom. The van der Waals surface area contributed by atoms with Gasteiger partial charge in [-0.3, -0.25) is 33.5 Å². The van der Waals surface area contributed by atoms with Crippen molar-refractivity contribution in [2.24, 2.45) is 11.8 Å². The second-order valence-electron chi connectivity index (χ2n) is 11.6. The van der Waals surface area contributed by atoms with Crippen LogP contribution in [0, 0.1) is 11.8 Å². The van der Waals surface area contributed by atoms with Crippen LogP contribution in [0.2, 0.25) is 0 Å². The molecule has 16 heteroatoms. The molecule has 1 aliphatic rings. The molecule has 0 radical (unpaired) electrons. The third-order valence-electron chi connectivity index (χ3n) is 8.09. The number of esters is 2. The zero-order valence-electron chi connectivity index (χ0n) is 26.3. The second kappa shape index (κ2) is 17.6. The molecule has 1 saturated heterocycles. The molecule has 0 bridgehead atoms. The number of fused-ring (bicyclic) bond motifs is 1. The van der Waals surface area contributed by atoms with Crippen molar-refractivity contribution in [3.8, 4) is 0 Å². The van der Waals surface area contributed by atoms with E-state index in [1.54, 1.807) is 0 Å². The van der Waals surface area contributed by atoms with Crippen LogP contribution in [-0.2, 0) is 33.4 Å². The fraction of sp³-hybridized carbons (Fsp3) is 0.700. The minimum absolute atomic E-state index is 0.0101. The number of anilines is 1. The molecule has 1 fully saturated rings. The number of nitrogens with two attached hydrogens (primary N) is 1. The van der Waals surface area contributed by atoms with Gasteiger partial charge in [-0.2, -0.15) is 4.98 Å². The Morgan fingerprint density at radius 3 is 2.11 bits per heavy atom. The lowest BCUT2D eigenvalue weighted by Crippen LogP contribution is -2.38. The number of nitrogen functional groups attached to an aromatic ring is 1. The highest BCUT2D eigenvalue weighted by Gasteiger charge is 2.48. The van der Waals surface area contributed by atoms with Gasteiger partial charge < -0.3 is 35.3 Å². The highest BCUT2D eigenvalue weighted by molar-refractivity contribution is 5.72. The molecule has 46 heavy (non-hydrogen) atoms. The molecule has 6 N–H and O–H groups in total. The number of carboxylic acids is 2. The third-order valence-corrected chi connectivity index (χ3v) is 8.09. The number of imidazole rings is 1. The molecule has 3 rings (SSSR count). The lowest BCUT2D eigenvalue weighted by Gasteiger charge is -2.21. The molecule has 3 heterocycles. The average Bonchev–Trinajstić information content (AvgIpc) is 3.55. The van der Waals surface area contributed by atoms with Crippen LogP contribution in [0.5, 0.6) is 0 Å². The van der Waals surface area contributed by atoms with E-state index >= 15 is 0 Å². The fourth-order valence-electron chi connectivity index (χ4n) is 5.49. The van der Waals surface area contributed by atoms with Gasteiger partial charge in [0.2, 0.25) is 5.95 Å². The smallest absolute Gasteiger partial charge is 0.306 e. The first-order chi connectivity index (χ1) is 22.0. The predicted molar refractivity (Wildman–Crippen MR) is 162 cm³/mol. The first-order valence-electron chi connectivity index (χ1n) is 15.8. The Bertz CT molecular complexity index is 1390. The van der Waals surface area contributed by atoms with E-state index < -0.39 is 72.4 Å². The van der Waals surface area contributed by atoms with Gasteiger partial charge in [0.15, 0.2) is 23.5 Å². The van der Waals surface area contributed by atoms with Crippen LogP contribution in [0.15, 0.2) is 11.1 Å². The number of aromatic nitrogens is 4. The van der Waals surface area contributed by atoms with Crippen LogP contribution < -0.4 is 11.3 Å². The standard InChI is InChI=1S/C30H45N5O11/c1-3-5-9-17(28(40)41)11-7-13-20(36)44-15-19-24(46-21(37)14-8-12-18(29(42)43)10-6-4-2)23(38)27(45-19)35-16-32-22-25(35)33-30(31)34-26(22)39/h16-19,23-24,27,38H,3-15H2,1-2H3,(H,40,41)(H,42,43)(H3,31,33,34,39)/t17?,18?,19-,23-,24-,27-/m1/s1. The first-order valence-corrected chi connectivity index (χ1v) is 15.8. The number of carbonyl (C=O) groups excluding carboxylic acids is 2. The number of unbranched alkanes of at least 4 members (excludes halogenated alkanes) is 2. The lowest BCUT2D eigenvalue weighted by molar-refractivity contribution is -0.161. The Balaban J connectivity index is 1.68. The van der Waals surface area contributed by atoms with Crippen LogP contribution in [0.4, 0.5) is 5.95 Å². The summed E-state index contributed by atoms with van der Waals surface area (Å²) < 4.78 is 18.2. The van der Waals surface area contributed by atoms with Gasteiger partial charge in [0, 0.05) is 12.8 Å². The molecule has 2 unspecified atom stereocenters. The highest BCUT2D eigenvalue weighted by atomic mass is 16.6. The van der Waals surface area contributed by atoms with Crippen LogP contribution in [0.25, 0.3) is 11.2 Å². The van der Waals surface area contributed by atoms with Crippen molar-refractivity contribution in [2.45, 2.75) is 115 Å². The Labute approximate surface area is 265 Å². The van der Waals surface area contributed by atoms with Gasteiger partial charge in [0.1, 0.15) is 18.8 Å². The number of H-pyrrole nitrogens is 1. The van der Waals surface area contributed by atoms with Gasteiger partial charge in [0.25, 0.3) is 5.56 Å². The molecule has 6 atom stereocenters. The summed E-state index contributed by atoms with van der Waals surface area (Å²) in [6, 6.07) is 0. The monoisotopic (exact) mass is 651 g/mol. The zero-order valence-corrected chi connectivity index (χ0v) is 26.3. The number of aliphatic hydroxyl groups excluding tert-OH is 1. The first kappa shape index (κ1) is 36.4. The van der Waals surface area contributed by atoms with Crippen LogP contribution in [-0.4, -0.2) is 83.6 Å². The van der Waals surface area contributed by atoms with Crippen molar-refractivity contribution < 1.29 is 48.7 Å². The number of hydrogen-bond acceptors (Lipinski definition) is 12. The van der Waals surface area contributed by atoms with Gasteiger partial charge in [0.05, 0.1) is 18.2 Å². The minimum atomic E-state index is -1.50. The van der Waals surface area contributed by atoms with E-state index in [0.29, 0.717) is 25.7 Å². The summed E-state index contributed by atoms with van der Waals surface area (Å²) in [4.78, 5) is 71.1. The molecular formula is C30H45N5O11. The number of hydrogen-bond donors (Lipinski definition) is 5. The molecule has 0 spiro atoms. The second-order valence-corrected chi connectivity index (χ2v) is 11.6. The van der Waals surface area contributed by atoms with Crippen molar-refractivity contribution in [2.75, 3.05) is 12.3 Å². The fourth-order valence-corrected chi connectivity index (χ4v) is 5.49. The molecule has 0 aromatic carbocycles. The summed E-state index contributed by atoms with van der Waals surface area (Å²) in [7, 11) is 0. The van der Waals surface area contributed by atoms with Gasteiger partial charge in [-0.25, -0.2) is 4.98 Å². The van der Waals surface area contributed by atoms with Crippen molar-refractivity contribution in [3.05, 3.63) is 16.7 Å². The average molecular weight is 652 g/mol. The Kier molecular flexibility index (Phi) is 13.9. The molecule has 0 saturated carbocycles. The maximum Gasteiger partial charge on any atom is 0.306 e. The number of aliphatic carboxylic acids is 2. The van der Waals surface area contributed by atoms with E-state index in [1.165, 1.54) is 10.9 Å². The van der Waals surface area contributed by atoms with E-state index in [4.69, 9.17) is 19.9 Å². The van der Waals surface area contributed by atoms with E-state index in [-0.39, 0.29) is 42.8 Å². The molecule has 0 aliphatic carbocycles. The summed E-state index contributed by atoms with van der Waals surface area (Å²) in [5.74, 6) is -4.49. The summed E-state index contributed by atoms with van der Waals surface area (Å²) in [6.07, 6.45) is 1.28. The number of rotatable bonds is 20. The Morgan fingerprint density at radius 2 is 1.54 bits per heavy atom. The topological polar surface area (TPSA) is 246 Å². The van der Waals surface area contributed by atoms with Crippen molar-refractivity contribution in [3.63, 3.8) is 0 Å². The van der Waals surface area contributed by atoms with E-state index in [2.05, 4.69) is 15.0 Å². The number of ether oxygens (including phenoxy) is 3. The molecule has 256 valence electrons. The highest BCUT2D eigenvalue weighted by Crippen LogP contribution is 2.34. The van der Waals surface area contributed by atoms with Crippen molar-refractivity contribution >= 4 is 41.0 Å². The summed E-state index contributed by atoms with van der Waals surface area (Å²) in [6.45, 7) is 3.53. The maximum absolute atomic E-state index is 12.8. The SMILES string of the molecule is CCCCC(CCCC(=O)OC[C@H]1O[C@@H](n2cnc3c(=O)[nH]c(N)nc32)[C@H](O)[C@@H]1OC(=O)CCCC(CCCC)C(=O)O)C(=O)O. The van der Waals surface area contributed by atoms with Gasteiger partial charge in [-0.05, 0) is 38.5 Å². The summed E-state index contributed by atoms with van der Waals surface area (Å²) in [5.41, 5.74) is 5.03. The van der Waals surface area contributed by atoms with Gasteiger partial charge in [-0.15, -0.1) is 0 Å². The normalized spacial score (nSPS) is 20.8. The largest absolute Gasteiger partial charge is 0.481 e.